The molecule has 17 heavy (non-hydrogen) atoms. The summed E-state index contributed by atoms with van der Waals surface area (Å²) in [4.78, 5) is 10.4. The quantitative estimate of drug-likeness (QED) is 0.576. The molecule has 1 aromatic carbocycles. The van der Waals surface area contributed by atoms with E-state index in [4.69, 9.17) is 5.73 Å². The summed E-state index contributed by atoms with van der Waals surface area (Å²) in [5, 5.41) is 15.0. The molecular weight excluding hydrogens is 225 g/mol. The predicted molar refractivity (Wildman–Crippen MR) is 62.1 cm³/mol. The lowest BCUT2D eigenvalue weighted by atomic mass is 10.1. The van der Waals surface area contributed by atoms with Crippen LogP contribution in [0.2, 0.25) is 0 Å². The molecule has 0 radical (unpaired) electrons. The van der Waals surface area contributed by atoms with E-state index in [0.717, 1.165) is 0 Å². The van der Waals surface area contributed by atoms with Crippen molar-refractivity contribution in [3.8, 4) is 5.75 Å². The number of halogens is 1. The zero-order valence-electron chi connectivity index (χ0n) is 9.53. The third-order valence-electron chi connectivity index (χ3n) is 2.33. The van der Waals surface area contributed by atoms with Crippen molar-refractivity contribution in [3.05, 3.63) is 29.6 Å². The molecule has 1 atom stereocenters. The fourth-order valence-electron chi connectivity index (χ4n) is 1.46. The molecular formula is C11H16FN3O2. The first-order chi connectivity index (χ1) is 8.00. The lowest BCUT2D eigenvalue weighted by Gasteiger charge is -2.15. The SMILES string of the molecule is CC(NCCNC(N)=O)c1cc(F)ccc1O. The number of rotatable bonds is 5. The molecule has 94 valence electrons. The molecule has 0 bridgehead atoms. The molecule has 1 unspecified atom stereocenters. The highest BCUT2D eigenvalue weighted by Crippen LogP contribution is 2.24. The number of carbonyl (C=O) groups is 1. The second-order valence-electron chi connectivity index (χ2n) is 3.67. The van der Waals surface area contributed by atoms with E-state index in [9.17, 15) is 14.3 Å². The van der Waals surface area contributed by atoms with Crippen LogP contribution in [0, 0.1) is 5.82 Å². The summed E-state index contributed by atoms with van der Waals surface area (Å²) in [6.07, 6.45) is 0. The molecule has 0 aliphatic carbocycles. The molecule has 0 saturated heterocycles. The topological polar surface area (TPSA) is 87.4 Å². The summed E-state index contributed by atoms with van der Waals surface area (Å²) in [5.74, 6) is -0.365. The molecule has 1 rings (SSSR count). The van der Waals surface area contributed by atoms with Gasteiger partial charge < -0.3 is 21.5 Å². The first kappa shape index (κ1) is 13.2. The average Bonchev–Trinajstić information content (AvgIpc) is 2.27. The number of aromatic hydroxyl groups is 1. The van der Waals surface area contributed by atoms with Crippen LogP contribution in [0.25, 0.3) is 0 Å². The van der Waals surface area contributed by atoms with Gasteiger partial charge in [0, 0.05) is 24.7 Å². The molecule has 0 spiro atoms. The monoisotopic (exact) mass is 241 g/mol. The Kier molecular flexibility index (Phi) is 4.71. The standard InChI is InChI=1S/C11H16FN3O2/c1-7(14-4-5-15-11(13)17)9-6-8(12)2-3-10(9)16/h2-3,6-7,14,16H,4-5H2,1H3,(H3,13,15,17). The van der Waals surface area contributed by atoms with Crippen molar-refractivity contribution in [2.75, 3.05) is 13.1 Å². The third kappa shape index (κ3) is 4.28. The number of phenolic OH excluding ortho intramolecular Hbond substituents is 1. The van der Waals surface area contributed by atoms with E-state index < -0.39 is 11.8 Å². The van der Waals surface area contributed by atoms with Crippen LogP contribution >= 0.6 is 0 Å². The Bertz CT molecular complexity index is 398. The van der Waals surface area contributed by atoms with E-state index >= 15 is 0 Å². The van der Waals surface area contributed by atoms with Crippen molar-refractivity contribution in [3.63, 3.8) is 0 Å². The van der Waals surface area contributed by atoms with Crippen molar-refractivity contribution in [2.24, 2.45) is 5.73 Å². The molecule has 5 N–H and O–H groups in total. The molecule has 0 aliphatic heterocycles. The summed E-state index contributed by atoms with van der Waals surface area (Å²) < 4.78 is 13.0. The van der Waals surface area contributed by atoms with Gasteiger partial charge in [0.05, 0.1) is 0 Å². The molecule has 1 aromatic rings. The number of carbonyl (C=O) groups excluding carboxylic acids is 1. The van der Waals surface area contributed by atoms with E-state index in [-0.39, 0.29) is 11.8 Å². The molecule has 0 saturated carbocycles. The maximum atomic E-state index is 13.0. The van der Waals surface area contributed by atoms with Crippen LogP contribution in [-0.4, -0.2) is 24.2 Å². The molecule has 6 heteroatoms. The van der Waals surface area contributed by atoms with Gasteiger partial charge in [-0.05, 0) is 25.1 Å². The average molecular weight is 241 g/mol. The lowest BCUT2D eigenvalue weighted by molar-refractivity contribution is 0.249. The minimum Gasteiger partial charge on any atom is -0.508 e. The number of phenols is 1. The van der Waals surface area contributed by atoms with Gasteiger partial charge in [0.1, 0.15) is 11.6 Å². The van der Waals surface area contributed by atoms with Gasteiger partial charge in [-0.2, -0.15) is 0 Å². The largest absolute Gasteiger partial charge is 0.508 e. The normalized spacial score (nSPS) is 12.1. The molecule has 0 fully saturated rings. The minimum absolute atomic E-state index is 0.0364. The smallest absolute Gasteiger partial charge is 0.312 e. The Morgan fingerprint density at radius 3 is 2.88 bits per heavy atom. The van der Waals surface area contributed by atoms with Crippen LogP contribution in [0.15, 0.2) is 18.2 Å². The molecule has 0 aliphatic rings. The predicted octanol–water partition coefficient (Wildman–Crippen LogP) is 0.850. The summed E-state index contributed by atoms with van der Waals surface area (Å²) >= 11 is 0. The van der Waals surface area contributed by atoms with Crippen LogP contribution in [-0.2, 0) is 0 Å². The van der Waals surface area contributed by atoms with Gasteiger partial charge in [-0.25, -0.2) is 9.18 Å². The second-order valence-corrected chi connectivity index (χ2v) is 3.67. The maximum Gasteiger partial charge on any atom is 0.312 e. The number of urea groups is 1. The Labute approximate surface area is 98.8 Å². The van der Waals surface area contributed by atoms with Crippen LogP contribution < -0.4 is 16.4 Å². The van der Waals surface area contributed by atoms with Crippen LogP contribution in [0.4, 0.5) is 9.18 Å². The van der Waals surface area contributed by atoms with Crippen molar-refractivity contribution in [2.45, 2.75) is 13.0 Å². The number of nitrogens with two attached hydrogens (primary N) is 1. The van der Waals surface area contributed by atoms with Gasteiger partial charge in [0.25, 0.3) is 0 Å². The summed E-state index contributed by atoms with van der Waals surface area (Å²) in [5.41, 5.74) is 5.37. The number of hydrogen-bond donors (Lipinski definition) is 4. The lowest BCUT2D eigenvalue weighted by Crippen LogP contribution is -2.36. The van der Waals surface area contributed by atoms with Crippen molar-refractivity contribution in [1.29, 1.82) is 0 Å². The Morgan fingerprint density at radius 1 is 1.53 bits per heavy atom. The zero-order valence-corrected chi connectivity index (χ0v) is 9.53. The summed E-state index contributed by atoms with van der Waals surface area (Å²) in [6, 6.07) is 2.97. The number of hydrogen-bond acceptors (Lipinski definition) is 3. The first-order valence-corrected chi connectivity index (χ1v) is 5.26. The molecule has 0 heterocycles. The number of nitrogens with one attached hydrogen (secondary N) is 2. The fourth-order valence-corrected chi connectivity index (χ4v) is 1.46. The minimum atomic E-state index is -0.590. The van der Waals surface area contributed by atoms with E-state index in [0.29, 0.717) is 18.7 Å². The van der Waals surface area contributed by atoms with Gasteiger partial charge in [-0.3, -0.25) is 0 Å². The number of primary amides is 1. The van der Waals surface area contributed by atoms with Gasteiger partial charge in [0.2, 0.25) is 0 Å². The van der Waals surface area contributed by atoms with Gasteiger partial charge in [0.15, 0.2) is 0 Å². The summed E-state index contributed by atoms with van der Waals surface area (Å²) in [6.45, 7) is 2.63. The number of benzene rings is 1. The van der Waals surface area contributed by atoms with Gasteiger partial charge in [-0.1, -0.05) is 0 Å². The maximum absolute atomic E-state index is 13.0. The van der Waals surface area contributed by atoms with Crippen molar-refractivity contribution < 1.29 is 14.3 Å². The van der Waals surface area contributed by atoms with Crippen LogP contribution in [0.3, 0.4) is 0 Å². The third-order valence-corrected chi connectivity index (χ3v) is 2.33. The fraction of sp³-hybridized carbons (Fsp3) is 0.364. The highest BCUT2D eigenvalue weighted by molar-refractivity contribution is 5.71. The van der Waals surface area contributed by atoms with Crippen molar-refractivity contribution >= 4 is 6.03 Å². The van der Waals surface area contributed by atoms with Gasteiger partial charge >= 0.3 is 6.03 Å². The van der Waals surface area contributed by atoms with E-state index in [1.54, 1.807) is 6.92 Å². The Balaban J connectivity index is 2.49. The van der Waals surface area contributed by atoms with E-state index in [1.807, 2.05) is 0 Å². The number of amides is 2. The van der Waals surface area contributed by atoms with Gasteiger partial charge in [-0.15, -0.1) is 0 Å². The zero-order chi connectivity index (χ0) is 12.8. The highest BCUT2D eigenvalue weighted by Gasteiger charge is 2.10. The highest BCUT2D eigenvalue weighted by atomic mass is 19.1. The first-order valence-electron chi connectivity index (χ1n) is 5.26. The van der Waals surface area contributed by atoms with Crippen molar-refractivity contribution in [1.82, 2.24) is 10.6 Å². The molecule has 2 amide bonds. The van der Waals surface area contributed by atoms with Crippen LogP contribution in [0.1, 0.15) is 18.5 Å². The Hall–Kier alpha value is -1.82. The Morgan fingerprint density at radius 2 is 2.24 bits per heavy atom. The summed E-state index contributed by atoms with van der Waals surface area (Å²) in [7, 11) is 0. The molecule has 0 aromatic heterocycles. The van der Waals surface area contributed by atoms with Crippen LogP contribution in [0.5, 0.6) is 5.75 Å². The van der Waals surface area contributed by atoms with E-state index in [1.165, 1.54) is 18.2 Å². The molecule has 5 nitrogen and oxygen atoms in total. The second kappa shape index (κ2) is 6.05. The van der Waals surface area contributed by atoms with E-state index in [2.05, 4.69) is 10.6 Å².